The average molecular weight is 327 g/mol. The number of nitrogens with zero attached hydrogens (tertiary/aromatic N) is 2. The molecule has 3 rings (SSSR count). The molecule has 0 aliphatic carbocycles. The third kappa shape index (κ3) is 3.78. The molecule has 0 saturated heterocycles. The lowest BCUT2D eigenvalue weighted by atomic mass is 10.2. The number of phenols is 1. The predicted octanol–water partition coefficient (Wildman–Crippen LogP) is 4.24. The minimum atomic E-state index is 0.156. The second-order valence-corrected chi connectivity index (χ2v) is 5.96. The Morgan fingerprint density at radius 2 is 2.17 bits per heavy atom. The summed E-state index contributed by atoms with van der Waals surface area (Å²) in [7, 11) is 0. The van der Waals surface area contributed by atoms with Crippen molar-refractivity contribution in [2.75, 3.05) is 12.0 Å². The van der Waals surface area contributed by atoms with Crippen LogP contribution >= 0.6 is 11.3 Å². The zero-order chi connectivity index (χ0) is 16.1. The number of aromatic hydroxyl groups is 1. The van der Waals surface area contributed by atoms with E-state index in [9.17, 15) is 5.11 Å². The molecular weight excluding hydrogens is 310 g/mol. The van der Waals surface area contributed by atoms with Crippen LogP contribution in [0.1, 0.15) is 18.9 Å². The topological polar surface area (TPSA) is 66.7 Å². The summed E-state index contributed by atoms with van der Waals surface area (Å²) in [6, 6.07) is 13.0. The maximum atomic E-state index is 9.88. The lowest BCUT2D eigenvalue weighted by Gasteiger charge is -2.06. The number of para-hydroxylation sites is 1. The number of rotatable bonds is 6. The molecule has 6 heteroatoms. The summed E-state index contributed by atoms with van der Waals surface area (Å²) in [4.78, 5) is 4.43. The van der Waals surface area contributed by atoms with E-state index < -0.39 is 0 Å². The van der Waals surface area contributed by atoms with Gasteiger partial charge in [-0.25, -0.2) is 4.98 Å². The predicted molar refractivity (Wildman–Crippen MR) is 94.7 cm³/mol. The van der Waals surface area contributed by atoms with E-state index >= 15 is 0 Å². The third-order valence-electron chi connectivity index (χ3n) is 3.13. The zero-order valence-electron chi connectivity index (χ0n) is 12.7. The Kier molecular flexibility index (Phi) is 4.73. The first-order chi connectivity index (χ1) is 11.3. The van der Waals surface area contributed by atoms with E-state index in [1.54, 1.807) is 24.4 Å². The first kappa shape index (κ1) is 15.3. The summed E-state index contributed by atoms with van der Waals surface area (Å²) >= 11 is 1.53. The minimum absolute atomic E-state index is 0.156. The van der Waals surface area contributed by atoms with Crippen LogP contribution in [0, 0.1) is 0 Å². The van der Waals surface area contributed by atoms with Crippen molar-refractivity contribution in [1.29, 1.82) is 0 Å². The lowest BCUT2D eigenvalue weighted by molar-refractivity contribution is 0.317. The van der Waals surface area contributed by atoms with E-state index in [0.717, 1.165) is 16.6 Å². The normalized spacial score (nSPS) is 11.2. The molecule has 0 bridgehead atoms. The minimum Gasteiger partial charge on any atom is -0.507 e. The first-order valence-corrected chi connectivity index (χ1v) is 8.18. The van der Waals surface area contributed by atoms with Gasteiger partial charge in [0.1, 0.15) is 11.5 Å². The highest BCUT2D eigenvalue weighted by molar-refractivity contribution is 7.22. The number of thiazole rings is 1. The number of aromatic nitrogens is 1. The fraction of sp³-hybridized carbons (Fsp3) is 0.176. The number of anilines is 1. The zero-order valence-corrected chi connectivity index (χ0v) is 13.5. The number of hydrazone groups is 1. The molecule has 0 unspecified atom stereocenters. The lowest BCUT2D eigenvalue weighted by Crippen LogP contribution is -1.96. The molecule has 2 aromatic carbocycles. The molecule has 0 radical (unpaired) electrons. The van der Waals surface area contributed by atoms with Crippen LogP contribution in [0.3, 0.4) is 0 Å². The molecule has 0 aliphatic heterocycles. The molecule has 0 atom stereocenters. The molecule has 23 heavy (non-hydrogen) atoms. The number of hydrogen-bond donors (Lipinski definition) is 2. The summed E-state index contributed by atoms with van der Waals surface area (Å²) in [6.45, 7) is 2.69. The van der Waals surface area contributed by atoms with E-state index in [1.165, 1.54) is 11.3 Å². The van der Waals surface area contributed by atoms with Crippen molar-refractivity contribution in [2.24, 2.45) is 5.10 Å². The van der Waals surface area contributed by atoms with E-state index in [-0.39, 0.29) is 5.75 Å². The standard InChI is InChI=1S/C17H17N3O2S/c1-2-9-22-13-7-8-15(21)12(10-13)11-18-20-17-19-14-5-3-4-6-16(14)23-17/h3-8,10-11,21H,2,9H2,1H3,(H,19,20)/b18-11+. The average Bonchev–Trinajstić information content (AvgIpc) is 2.98. The summed E-state index contributed by atoms with van der Waals surface area (Å²) < 4.78 is 6.65. The summed E-state index contributed by atoms with van der Waals surface area (Å²) in [5, 5.41) is 14.7. The molecule has 3 aromatic rings. The number of benzene rings is 2. The fourth-order valence-electron chi connectivity index (χ4n) is 2.02. The van der Waals surface area contributed by atoms with Crippen LogP contribution in [0.2, 0.25) is 0 Å². The molecule has 1 aromatic heterocycles. The SMILES string of the molecule is CCCOc1ccc(O)c(/C=N/Nc2nc3ccccc3s2)c1. The smallest absolute Gasteiger partial charge is 0.204 e. The Balaban J connectivity index is 1.71. The van der Waals surface area contributed by atoms with Crippen LogP contribution in [-0.4, -0.2) is 22.9 Å². The number of phenolic OH excluding ortho intramolecular Hbond substituents is 1. The molecule has 5 nitrogen and oxygen atoms in total. The second kappa shape index (κ2) is 7.11. The summed E-state index contributed by atoms with van der Waals surface area (Å²) in [6.07, 6.45) is 2.49. The van der Waals surface area contributed by atoms with Gasteiger partial charge in [-0.2, -0.15) is 5.10 Å². The quantitative estimate of drug-likeness (QED) is 0.525. The van der Waals surface area contributed by atoms with Crippen LogP contribution in [0.4, 0.5) is 5.13 Å². The van der Waals surface area contributed by atoms with Crippen molar-refractivity contribution in [2.45, 2.75) is 13.3 Å². The summed E-state index contributed by atoms with van der Waals surface area (Å²) in [5.41, 5.74) is 4.43. The molecule has 1 heterocycles. The Morgan fingerprint density at radius 3 is 3.00 bits per heavy atom. The van der Waals surface area contributed by atoms with Crippen LogP contribution in [-0.2, 0) is 0 Å². The molecule has 0 fully saturated rings. The van der Waals surface area contributed by atoms with E-state index in [1.807, 2.05) is 31.2 Å². The van der Waals surface area contributed by atoms with Crippen molar-refractivity contribution in [3.63, 3.8) is 0 Å². The first-order valence-electron chi connectivity index (χ1n) is 7.36. The van der Waals surface area contributed by atoms with Gasteiger partial charge >= 0.3 is 0 Å². The molecule has 2 N–H and O–H groups in total. The van der Waals surface area contributed by atoms with Gasteiger partial charge in [0, 0.05) is 5.56 Å². The van der Waals surface area contributed by atoms with E-state index in [4.69, 9.17) is 4.74 Å². The second-order valence-electron chi connectivity index (χ2n) is 4.93. The van der Waals surface area contributed by atoms with Crippen molar-refractivity contribution >= 4 is 32.9 Å². The van der Waals surface area contributed by atoms with Crippen LogP contribution in [0.25, 0.3) is 10.2 Å². The van der Waals surface area contributed by atoms with Gasteiger partial charge in [-0.05, 0) is 36.8 Å². The highest BCUT2D eigenvalue weighted by atomic mass is 32.1. The van der Waals surface area contributed by atoms with Gasteiger partial charge in [0.25, 0.3) is 0 Å². The Morgan fingerprint density at radius 1 is 1.30 bits per heavy atom. The molecule has 0 aliphatic rings. The van der Waals surface area contributed by atoms with Crippen molar-refractivity contribution < 1.29 is 9.84 Å². The van der Waals surface area contributed by atoms with Crippen LogP contribution < -0.4 is 10.2 Å². The van der Waals surface area contributed by atoms with Gasteiger partial charge in [-0.1, -0.05) is 30.4 Å². The number of nitrogens with one attached hydrogen (secondary N) is 1. The Hall–Kier alpha value is -2.60. The van der Waals surface area contributed by atoms with Gasteiger partial charge < -0.3 is 9.84 Å². The van der Waals surface area contributed by atoms with Gasteiger partial charge in [-0.3, -0.25) is 5.43 Å². The third-order valence-corrected chi connectivity index (χ3v) is 4.07. The molecule has 118 valence electrons. The van der Waals surface area contributed by atoms with Gasteiger partial charge in [-0.15, -0.1) is 0 Å². The van der Waals surface area contributed by atoms with Gasteiger partial charge in [0.05, 0.1) is 23.0 Å². The maximum Gasteiger partial charge on any atom is 0.204 e. The van der Waals surface area contributed by atoms with E-state index in [0.29, 0.717) is 23.1 Å². The number of fused-ring (bicyclic) bond motifs is 1. The van der Waals surface area contributed by atoms with E-state index in [2.05, 4.69) is 15.5 Å². The van der Waals surface area contributed by atoms with Crippen LogP contribution in [0.15, 0.2) is 47.6 Å². The molecular formula is C17H17N3O2S. The molecule has 0 saturated carbocycles. The highest BCUT2D eigenvalue weighted by Crippen LogP contribution is 2.25. The Bertz CT molecular complexity index is 797. The van der Waals surface area contributed by atoms with Crippen LogP contribution in [0.5, 0.6) is 11.5 Å². The summed E-state index contributed by atoms with van der Waals surface area (Å²) in [5.74, 6) is 0.870. The van der Waals surface area contributed by atoms with Gasteiger partial charge in [0.15, 0.2) is 0 Å². The van der Waals surface area contributed by atoms with Crippen molar-refractivity contribution in [1.82, 2.24) is 4.98 Å². The number of ether oxygens (including phenoxy) is 1. The maximum absolute atomic E-state index is 9.88. The fourth-order valence-corrected chi connectivity index (χ4v) is 2.84. The molecule has 0 spiro atoms. The monoisotopic (exact) mass is 327 g/mol. The van der Waals surface area contributed by atoms with Gasteiger partial charge in [0.2, 0.25) is 5.13 Å². The number of hydrogen-bond acceptors (Lipinski definition) is 6. The Labute approximate surface area is 138 Å². The van der Waals surface area contributed by atoms with Crippen molar-refractivity contribution in [3.05, 3.63) is 48.0 Å². The largest absolute Gasteiger partial charge is 0.507 e. The molecule has 0 amide bonds. The van der Waals surface area contributed by atoms with Crippen molar-refractivity contribution in [3.8, 4) is 11.5 Å². The highest BCUT2D eigenvalue weighted by Gasteiger charge is 2.03.